The minimum atomic E-state index is -0.0661. The Balaban J connectivity index is 1.63. The van der Waals surface area contributed by atoms with Crippen molar-refractivity contribution in [3.63, 3.8) is 0 Å². The first-order valence-electron chi connectivity index (χ1n) is 9.48. The van der Waals surface area contributed by atoms with Gasteiger partial charge in [-0.25, -0.2) is 0 Å². The van der Waals surface area contributed by atoms with E-state index in [2.05, 4.69) is 10.2 Å². The average Bonchev–Trinajstić information content (AvgIpc) is 3.21. The number of nitrogens with zero attached hydrogens (tertiary/aromatic N) is 4. The number of fused-ring (bicyclic) bond motifs is 3. The molecule has 2 aromatic heterocycles. The predicted molar refractivity (Wildman–Crippen MR) is 121 cm³/mol. The number of benzene rings is 3. The van der Waals surface area contributed by atoms with Crippen molar-refractivity contribution in [1.82, 2.24) is 19.2 Å². The van der Waals surface area contributed by atoms with Gasteiger partial charge in [0.25, 0.3) is 5.56 Å². The van der Waals surface area contributed by atoms with Gasteiger partial charge in [0.2, 0.25) is 5.78 Å². The molecule has 30 heavy (non-hydrogen) atoms. The Bertz CT molecular complexity index is 1390. The van der Waals surface area contributed by atoms with Crippen molar-refractivity contribution in [3.8, 4) is 0 Å². The van der Waals surface area contributed by atoms with Gasteiger partial charge in [-0.2, -0.15) is 0 Å². The number of hydrogen-bond acceptors (Lipinski definition) is 4. The smallest absolute Gasteiger partial charge is 0.263 e. The van der Waals surface area contributed by atoms with Crippen LogP contribution in [-0.4, -0.2) is 19.2 Å². The molecule has 0 radical (unpaired) electrons. The van der Waals surface area contributed by atoms with E-state index in [0.717, 1.165) is 27.6 Å². The molecule has 0 saturated heterocycles. The van der Waals surface area contributed by atoms with E-state index in [9.17, 15) is 4.79 Å². The summed E-state index contributed by atoms with van der Waals surface area (Å²) in [5, 5.41) is 10.9. The monoisotopic (exact) mass is 432 g/mol. The van der Waals surface area contributed by atoms with E-state index >= 15 is 0 Å². The van der Waals surface area contributed by atoms with Gasteiger partial charge >= 0.3 is 0 Å². The summed E-state index contributed by atoms with van der Waals surface area (Å²) >= 11 is 7.57. The van der Waals surface area contributed by atoms with Crippen LogP contribution in [0.2, 0.25) is 5.02 Å². The summed E-state index contributed by atoms with van der Waals surface area (Å²) in [6.45, 7) is 0.438. The molecule has 3 aromatic carbocycles. The van der Waals surface area contributed by atoms with Gasteiger partial charge in [0.15, 0.2) is 5.16 Å². The largest absolute Gasteiger partial charge is 0.272 e. The van der Waals surface area contributed by atoms with Gasteiger partial charge in [0, 0.05) is 10.8 Å². The van der Waals surface area contributed by atoms with E-state index in [1.54, 1.807) is 16.3 Å². The first kappa shape index (κ1) is 18.9. The van der Waals surface area contributed by atoms with Crippen LogP contribution in [0, 0.1) is 0 Å². The van der Waals surface area contributed by atoms with E-state index in [4.69, 9.17) is 11.6 Å². The highest BCUT2D eigenvalue weighted by Gasteiger charge is 2.17. The predicted octanol–water partition coefficient (Wildman–Crippen LogP) is 5.04. The molecule has 0 aliphatic heterocycles. The van der Waals surface area contributed by atoms with Crippen LogP contribution in [0.3, 0.4) is 0 Å². The fraction of sp³-hybridized carbons (Fsp3) is 0.0870. The van der Waals surface area contributed by atoms with Crippen LogP contribution in [0.5, 0.6) is 0 Å². The van der Waals surface area contributed by atoms with Crippen molar-refractivity contribution < 1.29 is 0 Å². The lowest BCUT2D eigenvalue weighted by Crippen LogP contribution is -2.24. The van der Waals surface area contributed by atoms with E-state index < -0.39 is 0 Å². The van der Waals surface area contributed by atoms with Crippen molar-refractivity contribution in [1.29, 1.82) is 0 Å². The SMILES string of the molecule is O=c1c2ccccc2n2c(SCc3ccc(Cl)cc3)nnc2n1Cc1ccccc1. The third-order valence-corrected chi connectivity index (χ3v) is 6.19. The van der Waals surface area contributed by atoms with Crippen LogP contribution in [0.1, 0.15) is 11.1 Å². The first-order chi connectivity index (χ1) is 14.7. The van der Waals surface area contributed by atoms with Gasteiger partial charge in [-0.15, -0.1) is 10.2 Å². The van der Waals surface area contributed by atoms with Gasteiger partial charge in [-0.05, 0) is 35.4 Å². The number of halogens is 1. The van der Waals surface area contributed by atoms with Crippen LogP contribution in [0.25, 0.3) is 16.7 Å². The van der Waals surface area contributed by atoms with Gasteiger partial charge in [0.05, 0.1) is 17.4 Å². The average molecular weight is 433 g/mol. The molecular formula is C23H17ClN4OS. The minimum absolute atomic E-state index is 0.0661. The summed E-state index contributed by atoms with van der Waals surface area (Å²) in [6.07, 6.45) is 0. The van der Waals surface area contributed by atoms with E-state index in [-0.39, 0.29) is 5.56 Å². The highest BCUT2D eigenvalue weighted by atomic mass is 35.5. The third-order valence-electron chi connectivity index (χ3n) is 4.94. The van der Waals surface area contributed by atoms with E-state index in [0.29, 0.717) is 22.7 Å². The fourth-order valence-corrected chi connectivity index (χ4v) is 4.49. The Morgan fingerprint density at radius 3 is 2.37 bits per heavy atom. The van der Waals surface area contributed by atoms with Crippen molar-refractivity contribution in [2.75, 3.05) is 0 Å². The normalized spacial score (nSPS) is 11.4. The maximum absolute atomic E-state index is 13.2. The quantitative estimate of drug-likeness (QED) is 0.365. The molecule has 0 atom stereocenters. The van der Waals surface area contributed by atoms with Gasteiger partial charge in [-0.1, -0.05) is 78.0 Å². The molecule has 0 saturated carbocycles. The summed E-state index contributed by atoms with van der Waals surface area (Å²) in [4.78, 5) is 13.2. The number of hydrogen-bond donors (Lipinski definition) is 0. The zero-order chi connectivity index (χ0) is 20.5. The molecule has 0 spiro atoms. The fourth-order valence-electron chi connectivity index (χ4n) is 3.46. The molecule has 0 aliphatic rings. The second-order valence-electron chi connectivity index (χ2n) is 6.93. The molecule has 5 aromatic rings. The molecule has 2 heterocycles. The lowest BCUT2D eigenvalue weighted by atomic mass is 10.2. The van der Waals surface area contributed by atoms with Crippen molar-refractivity contribution >= 4 is 40.0 Å². The Labute approximate surface area is 182 Å². The van der Waals surface area contributed by atoms with Gasteiger partial charge < -0.3 is 0 Å². The van der Waals surface area contributed by atoms with Crippen molar-refractivity contribution in [2.45, 2.75) is 17.5 Å². The summed E-state index contributed by atoms with van der Waals surface area (Å²) in [7, 11) is 0. The standard InChI is InChI=1S/C23H17ClN4OS/c24-18-12-10-17(11-13-18)15-30-23-26-25-22-27(14-16-6-2-1-3-7-16)21(29)19-8-4-5-9-20(19)28(22)23/h1-13H,14-15H2. The maximum atomic E-state index is 13.2. The topological polar surface area (TPSA) is 52.2 Å². The zero-order valence-electron chi connectivity index (χ0n) is 15.9. The molecule has 0 unspecified atom stereocenters. The molecule has 0 amide bonds. The summed E-state index contributed by atoms with van der Waals surface area (Å²) in [5.74, 6) is 1.27. The summed E-state index contributed by atoms with van der Waals surface area (Å²) < 4.78 is 3.66. The Morgan fingerprint density at radius 2 is 1.57 bits per heavy atom. The van der Waals surface area contributed by atoms with Crippen LogP contribution in [-0.2, 0) is 12.3 Å². The molecule has 0 aliphatic carbocycles. The van der Waals surface area contributed by atoms with Crippen LogP contribution in [0.15, 0.2) is 88.8 Å². The summed E-state index contributed by atoms with van der Waals surface area (Å²) in [6, 6.07) is 25.3. The Hall–Kier alpha value is -3.09. The minimum Gasteiger partial charge on any atom is -0.272 e. The molecule has 5 rings (SSSR count). The first-order valence-corrected chi connectivity index (χ1v) is 10.8. The highest BCUT2D eigenvalue weighted by molar-refractivity contribution is 7.98. The van der Waals surface area contributed by atoms with E-state index in [1.807, 2.05) is 83.3 Å². The number of para-hydroxylation sites is 1. The third kappa shape index (κ3) is 3.49. The molecule has 7 heteroatoms. The van der Waals surface area contributed by atoms with Crippen LogP contribution >= 0.6 is 23.4 Å². The number of thioether (sulfide) groups is 1. The second-order valence-corrected chi connectivity index (χ2v) is 8.31. The maximum Gasteiger partial charge on any atom is 0.263 e. The molecular weight excluding hydrogens is 416 g/mol. The van der Waals surface area contributed by atoms with Crippen LogP contribution < -0.4 is 5.56 Å². The van der Waals surface area contributed by atoms with E-state index in [1.165, 1.54) is 0 Å². The highest BCUT2D eigenvalue weighted by Crippen LogP contribution is 2.25. The molecule has 148 valence electrons. The van der Waals surface area contributed by atoms with Crippen LogP contribution in [0.4, 0.5) is 0 Å². The number of aromatic nitrogens is 4. The van der Waals surface area contributed by atoms with Gasteiger partial charge in [-0.3, -0.25) is 13.8 Å². The van der Waals surface area contributed by atoms with Crippen molar-refractivity contribution in [3.05, 3.63) is 105 Å². The van der Waals surface area contributed by atoms with Gasteiger partial charge in [0.1, 0.15) is 0 Å². The Kier molecular flexibility index (Phi) is 5.02. The second kappa shape index (κ2) is 7.97. The molecule has 0 bridgehead atoms. The lowest BCUT2D eigenvalue weighted by Gasteiger charge is -2.11. The molecule has 0 N–H and O–H groups in total. The summed E-state index contributed by atoms with van der Waals surface area (Å²) in [5.41, 5.74) is 2.92. The zero-order valence-corrected chi connectivity index (χ0v) is 17.5. The Morgan fingerprint density at radius 1 is 0.833 bits per heavy atom. The lowest BCUT2D eigenvalue weighted by molar-refractivity contribution is 0.764. The van der Waals surface area contributed by atoms with Crippen molar-refractivity contribution in [2.24, 2.45) is 0 Å². The number of rotatable bonds is 5. The molecule has 5 nitrogen and oxygen atoms in total. The molecule has 0 fully saturated rings.